The van der Waals surface area contributed by atoms with Gasteiger partial charge in [0.1, 0.15) is 11.6 Å². The van der Waals surface area contributed by atoms with Crippen molar-refractivity contribution in [2.45, 2.75) is 48.5 Å². The Kier molecular flexibility index (Phi) is 8.39. The Hall–Kier alpha value is -3.53. The Morgan fingerprint density at radius 2 is 1.29 bits per heavy atom. The lowest BCUT2D eigenvalue weighted by Gasteiger charge is -2.20. The van der Waals surface area contributed by atoms with Gasteiger partial charge in [-0.05, 0) is 106 Å². The van der Waals surface area contributed by atoms with E-state index in [4.69, 9.17) is 0 Å². The molecular formula is C31H37FN2O. The van der Waals surface area contributed by atoms with Gasteiger partial charge in [-0.1, -0.05) is 41.5 Å². The van der Waals surface area contributed by atoms with Crippen molar-refractivity contribution in [3.8, 4) is 28.0 Å². The second-order valence-corrected chi connectivity index (χ2v) is 9.57. The van der Waals surface area contributed by atoms with Crippen molar-refractivity contribution in [2.75, 3.05) is 23.7 Å². The lowest BCUT2D eigenvalue weighted by atomic mass is 9.86. The summed E-state index contributed by atoms with van der Waals surface area (Å²) in [6.07, 6.45) is 4.16. The minimum atomic E-state index is -0.305. The minimum Gasteiger partial charge on any atom is -0.507 e. The number of phenols is 1. The fourth-order valence-electron chi connectivity index (χ4n) is 4.23. The first kappa shape index (κ1) is 26.1. The standard InChI is InChI=1S/C31H37FN2O/c1-19(2)14-16-33-26-11-8-24(9-12-26)30-22(6)21(5)29(23(7)31(30)35)25-10-13-28(27(32)18-25)34-17-15-20(3)4/h8-15,18,33-35H,16-17H2,1-7H3. The number of aromatic hydroxyl groups is 1. The molecule has 0 atom stereocenters. The molecule has 0 bridgehead atoms. The van der Waals surface area contributed by atoms with Crippen LogP contribution >= 0.6 is 0 Å². The molecule has 35 heavy (non-hydrogen) atoms. The van der Waals surface area contributed by atoms with E-state index in [1.54, 1.807) is 12.1 Å². The highest BCUT2D eigenvalue weighted by molar-refractivity contribution is 5.85. The molecule has 0 amide bonds. The largest absolute Gasteiger partial charge is 0.507 e. The highest BCUT2D eigenvalue weighted by atomic mass is 19.1. The van der Waals surface area contributed by atoms with Crippen LogP contribution in [0.4, 0.5) is 15.8 Å². The maximum absolute atomic E-state index is 14.9. The average molecular weight is 473 g/mol. The van der Waals surface area contributed by atoms with Crippen LogP contribution in [0.1, 0.15) is 44.4 Å². The van der Waals surface area contributed by atoms with E-state index in [1.807, 2.05) is 71.0 Å². The molecule has 4 heteroatoms. The van der Waals surface area contributed by atoms with Gasteiger partial charge >= 0.3 is 0 Å². The maximum Gasteiger partial charge on any atom is 0.146 e. The van der Waals surface area contributed by atoms with Crippen molar-refractivity contribution in [3.05, 3.63) is 88.3 Å². The van der Waals surface area contributed by atoms with Gasteiger partial charge in [0, 0.05) is 24.3 Å². The van der Waals surface area contributed by atoms with Crippen LogP contribution in [0, 0.1) is 26.6 Å². The number of nitrogens with one attached hydrogen (secondary N) is 2. The molecule has 0 fully saturated rings. The van der Waals surface area contributed by atoms with E-state index in [2.05, 4.69) is 30.6 Å². The van der Waals surface area contributed by atoms with Crippen LogP contribution in [-0.2, 0) is 0 Å². The fourth-order valence-corrected chi connectivity index (χ4v) is 4.23. The Morgan fingerprint density at radius 1 is 0.743 bits per heavy atom. The molecule has 184 valence electrons. The highest BCUT2D eigenvalue weighted by Crippen LogP contribution is 2.43. The third-order valence-electron chi connectivity index (χ3n) is 6.33. The monoisotopic (exact) mass is 472 g/mol. The van der Waals surface area contributed by atoms with Crippen LogP contribution in [0.15, 0.2) is 65.8 Å². The molecule has 0 aliphatic rings. The molecular weight excluding hydrogens is 435 g/mol. The van der Waals surface area contributed by atoms with E-state index in [0.717, 1.165) is 51.2 Å². The van der Waals surface area contributed by atoms with E-state index in [9.17, 15) is 9.50 Å². The summed E-state index contributed by atoms with van der Waals surface area (Å²) in [5, 5.41) is 17.7. The van der Waals surface area contributed by atoms with Crippen LogP contribution in [0.3, 0.4) is 0 Å². The zero-order chi connectivity index (χ0) is 25.7. The zero-order valence-electron chi connectivity index (χ0n) is 21.9. The quantitative estimate of drug-likeness (QED) is 0.288. The molecule has 0 aliphatic carbocycles. The summed E-state index contributed by atoms with van der Waals surface area (Å²) in [6, 6.07) is 13.3. The van der Waals surface area contributed by atoms with Gasteiger partial charge in [0.25, 0.3) is 0 Å². The Labute approximate surface area is 209 Å². The smallest absolute Gasteiger partial charge is 0.146 e. The summed E-state index contributed by atoms with van der Waals surface area (Å²) in [7, 11) is 0. The first-order chi connectivity index (χ1) is 16.6. The number of rotatable bonds is 8. The molecule has 0 unspecified atom stereocenters. The van der Waals surface area contributed by atoms with E-state index in [1.165, 1.54) is 11.1 Å². The molecule has 0 aliphatic heterocycles. The van der Waals surface area contributed by atoms with Crippen molar-refractivity contribution in [1.82, 2.24) is 0 Å². The summed E-state index contributed by atoms with van der Waals surface area (Å²) in [6.45, 7) is 15.5. The zero-order valence-corrected chi connectivity index (χ0v) is 21.9. The molecule has 0 aromatic heterocycles. The average Bonchev–Trinajstić information content (AvgIpc) is 2.80. The Bertz CT molecular complexity index is 1230. The summed E-state index contributed by atoms with van der Waals surface area (Å²) < 4.78 is 14.9. The molecule has 0 radical (unpaired) electrons. The number of phenolic OH excluding ortho intramolecular Hbond substituents is 1. The summed E-state index contributed by atoms with van der Waals surface area (Å²) >= 11 is 0. The first-order valence-electron chi connectivity index (χ1n) is 12.1. The normalized spacial score (nSPS) is 10.6. The molecule has 3 nitrogen and oxygen atoms in total. The molecule has 0 spiro atoms. The molecule has 0 saturated carbocycles. The van der Waals surface area contributed by atoms with Gasteiger partial charge in [0.05, 0.1) is 5.69 Å². The van der Waals surface area contributed by atoms with E-state index < -0.39 is 0 Å². The second-order valence-electron chi connectivity index (χ2n) is 9.57. The van der Waals surface area contributed by atoms with Crippen LogP contribution in [0.2, 0.25) is 0 Å². The number of benzene rings is 3. The number of halogens is 1. The van der Waals surface area contributed by atoms with Crippen LogP contribution in [-0.4, -0.2) is 18.2 Å². The number of allylic oxidation sites excluding steroid dienone is 2. The maximum atomic E-state index is 14.9. The SMILES string of the molecule is CC(C)=CCNc1ccc(-c2c(C)c(C)c(-c3ccc(NCC=C(C)C)c(F)c3)c(C)c2O)cc1. The highest BCUT2D eigenvalue weighted by Gasteiger charge is 2.20. The number of anilines is 2. The molecule has 3 aromatic carbocycles. The summed E-state index contributed by atoms with van der Waals surface area (Å²) in [4.78, 5) is 0. The topological polar surface area (TPSA) is 44.3 Å². The predicted molar refractivity (Wildman–Crippen MR) is 149 cm³/mol. The molecule has 0 heterocycles. The van der Waals surface area contributed by atoms with Gasteiger partial charge in [-0.2, -0.15) is 0 Å². The number of hydrogen-bond donors (Lipinski definition) is 3. The van der Waals surface area contributed by atoms with E-state index >= 15 is 0 Å². The summed E-state index contributed by atoms with van der Waals surface area (Å²) in [5.74, 6) is -0.0691. The lowest BCUT2D eigenvalue weighted by molar-refractivity contribution is 0.473. The van der Waals surface area contributed by atoms with Gasteiger partial charge in [0.15, 0.2) is 0 Å². The van der Waals surface area contributed by atoms with Crippen molar-refractivity contribution in [3.63, 3.8) is 0 Å². The van der Waals surface area contributed by atoms with Crippen LogP contribution in [0.25, 0.3) is 22.3 Å². The minimum absolute atomic E-state index is 0.236. The van der Waals surface area contributed by atoms with Crippen molar-refractivity contribution >= 4 is 11.4 Å². The van der Waals surface area contributed by atoms with Gasteiger partial charge in [-0.15, -0.1) is 0 Å². The molecule has 3 rings (SSSR count). The van der Waals surface area contributed by atoms with Crippen molar-refractivity contribution in [1.29, 1.82) is 0 Å². The van der Waals surface area contributed by atoms with E-state index in [0.29, 0.717) is 12.2 Å². The van der Waals surface area contributed by atoms with E-state index in [-0.39, 0.29) is 11.6 Å². The first-order valence-corrected chi connectivity index (χ1v) is 12.1. The number of hydrogen-bond acceptors (Lipinski definition) is 3. The van der Waals surface area contributed by atoms with Gasteiger partial charge in [-0.25, -0.2) is 4.39 Å². The van der Waals surface area contributed by atoms with Crippen LogP contribution in [0.5, 0.6) is 5.75 Å². The Balaban J connectivity index is 1.94. The fraction of sp³-hybridized carbons (Fsp3) is 0.290. The lowest BCUT2D eigenvalue weighted by Crippen LogP contribution is -2.02. The predicted octanol–water partition coefficient (Wildman–Crippen LogP) is 8.55. The third kappa shape index (κ3) is 6.13. The van der Waals surface area contributed by atoms with Gasteiger partial charge in [0.2, 0.25) is 0 Å². The molecule has 3 aromatic rings. The van der Waals surface area contributed by atoms with Gasteiger partial charge < -0.3 is 15.7 Å². The van der Waals surface area contributed by atoms with Gasteiger partial charge in [-0.3, -0.25) is 0 Å². The third-order valence-corrected chi connectivity index (χ3v) is 6.33. The van der Waals surface area contributed by atoms with Crippen LogP contribution < -0.4 is 10.6 Å². The molecule has 0 saturated heterocycles. The Morgan fingerprint density at radius 3 is 1.86 bits per heavy atom. The summed E-state index contributed by atoms with van der Waals surface area (Å²) in [5.41, 5.74) is 10.1. The van der Waals surface area contributed by atoms with Crippen molar-refractivity contribution < 1.29 is 9.50 Å². The molecule has 3 N–H and O–H groups in total. The second kappa shape index (κ2) is 11.3. The van der Waals surface area contributed by atoms with Crippen molar-refractivity contribution in [2.24, 2.45) is 0 Å².